The zero-order valence-corrected chi connectivity index (χ0v) is 16.5. The van der Waals surface area contributed by atoms with Gasteiger partial charge in [0.2, 0.25) is 0 Å². The topological polar surface area (TPSA) is 57.4 Å². The van der Waals surface area contributed by atoms with E-state index >= 15 is 0 Å². The average molecular weight is 394 g/mol. The van der Waals surface area contributed by atoms with E-state index in [0.717, 1.165) is 42.5 Å². The van der Waals surface area contributed by atoms with Gasteiger partial charge in [0.15, 0.2) is 5.79 Å². The van der Waals surface area contributed by atoms with Crippen molar-refractivity contribution in [2.45, 2.75) is 37.5 Å². The minimum atomic E-state index is -0.489. The van der Waals surface area contributed by atoms with Gasteiger partial charge in [-0.1, -0.05) is 24.3 Å². The number of halogens is 1. The van der Waals surface area contributed by atoms with Gasteiger partial charge >= 0.3 is 0 Å². The summed E-state index contributed by atoms with van der Waals surface area (Å²) in [6.07, 6.45) is 10.3. The number of rotatable bonds is 3. The first-order valence-corrected chi connectivity index (χ1v) is 10.6. The monoisotopic (exact) mass is 394 g/mol. The van der Waals surface area contributed by atoms with Gasteiger partial charge < -0.3 is 15.2 Å². The van der Waals surface area contributed by atoms with Crippen LogP contribution < -0.4 is 5.73 Å². The Hall–Kier alpha value is -2.08. The van der Waals surface area contributed by atoms with E-state index in [9.17, 15) is 4.39 Å². The van der Waals surface area contributed by atoms with Gasteiger partial charge in [0.05, 0.1) is 18.9 Å². The number of benzene rings is 1. The smallest absolute Gasteiger partial charge is 0.175 e. The van der Waals surface area contributed by atoms with Crippen LogP contribution in [-0.4, -0.2) is 30.0 Å². The molecular formula is C24H27FN2O2. The van der Waals surface area contributed by atoms with Gasteiger partial charge in [0, 0.05) is 30.1 Å². The van der Waals surface area contributed by atoms with Crippen LogP contribution in [0, 0.1) is 23.6 Å². The second kappa shape index (κ2) is 7.63. The fourth-order valence-electron chi connectivity index (χ4n) is 5.47. The summed E-state index contributed by atoms with van der Waals surface area (Å²) < 4.78 is 25.8. The molecule has 1 spiro atoms. The second-order valence-corrected chi connectivity index (χ2v) is 8.58. The van der Waals surface area contributed by atoms with Gasteiger partial charge in [-0.05, 0) is 60.9 Å². The van der Waals surface area contributed by atoms with E-state index in [2.05, 4.69) is 17.1 Å². The van der Waals surface area contributed by atoms with Crippen molar-refractivity contribution >= 4 is 6.08 Å². The third kappa shape index (κ3) is 3.63. The first-order chi connectivity index (χ1) is 14.1. The first kappa shape index (κ1) is 18.9. The fourth-order valence-corrected chi connectivity index (χ4v) is 5.47. The minimum absolute atomic E-state index is 0.229. The lowest BCUT2D eigenvalue weighted by Gasteiger charge is -2.32. The molecule has 0 amide bonds. The molecule has 2 aromatic rings. The summed E-state index contributed by atoms with van der Waals surface area (Å²) in [5.41, 5.74) is 8.85. The Morgan fingerprint density at radius 1 is 1.10 bits per heavy atom. The van der Waals surface area contributed by atoms with Crippen LogP contribution in [0.25, 0.3) is 17.2 Å². The predicted octanol–water partition coefficient (Wildman–Crippen LogP) is 4.41. The SMILES string of the molecule is N[C@@H]1CC[C@@H]2[C@H](C1)CC1(OCCO1)[C@H]2/C=C/c1ccc(-c2cccc(F)c2)cn1. The molecule has 5 heteroatoms. The molecule has 2 saturated carbocycles. The van der Waals surface area contributed by atoms with Crippen molar-refractivity contribution in [2.24, 2.45) is 23.5 Å². The number of ether oxygens (including phenoxy) is 2. The van der Waals surface area contributed by atoms with Crippen LogP contribution in [0.4, 0.5) is 4.39 Å². The normalized spacial score (nSPS) is 30.8. The van der Waals surface area contributed by atoms with Gasteiger partial charge in [-0.25, -0.2) is 4.39 Å². The number of aromatic nitrogens is 1. The molecule has 3 fully saturated rings. The molecule has 2 aliphatic carbocycles. The van der Waals surface area contributed by atoms with E-state index in [1.54, 1.807) is 12.3 Å². The van der Waals surface area contributed by atoms with E-state index in [1.807, 2.05) is 18.2 Å². The Balaban J connectivity index is 1.37. The highest BCUT2D eigenvalue weighted by atomic mass is 19.1. The molecule has 2 heterocycles. The summed E-state index contributed by atoms with van der Waals surface area (Å²) in [5.74, 6) is 0.617. The third-order valence-corrected chi connectivity index (χ3v) is 6.79. The van der Waals surface area contributed by atoms with Crippen molar-refractivity contribution in [1.82, 2.24) is 4.98 Å². The van der Waals surface area contributed by atoms with Gasteiger partial charge in [0.1, 0.15) is 5.82 Å². The van der Waals surface area contributed by atoms with Gasteiger partial charge in [-0.15, -0.1) is 0 Å². The van der Waals surface area contributed by atoms with Crippen LogP contribution in [0.1, 0.15) is 31.4 Å². The van der Waals surface area contributed by atoms with Crippen LogP contribution >= 0.6 is 0 Å². The number of nitrogens with zero attached hydrogens (tertiary/aromatic N) is 1. The lowest BCUT2D eigenvalue weighted by atomic mass is 9.76. The lowest BCUT2D eigenvalue weighted by molar-refractivity contribution is -0.175. The number of hydrogen-bond acceptors (Lipinski definition) is 4. The average Bonchev–Trinajstić information content (AvgIpc) is 3.31. The third-order valence-electron chi connectivity index (χ3n) is 6.79. The van der Waals surface area contributed by atoms with E-state index in [4.69, 9.17) is 15.2 Å². The van der Waals surface area contributed by atoms with Crippen molar-refractivity contribution in [3.63, 3.8) is 0 Å². The Bertz CT molecular complexity index is 892. The molecule has 4 atom stereocenters. The number of nitrogens with two attached hydrogens (primary N) is 1. The molecule has 0 radical (unpaired) electrons. The van der Waals surface area contributed by atoms with Crippen molar-refractivity contribution in [3.05, 3.63) is 60.2 Å². The van der Waals surface area contributed by atoms with E-state index in [-0.39, 0.29) is 11.7 Å². The number of fused-ring (bicyclic) bond motifs is 1. The lowest BCUT2D eigenvalue weighted by Crippen LogP contribution is -2.36. The molecule has 4 nitrogen and oxygen atoms in total. The summed E-state index contributed by atoms with van der Waals surface area (Å²) in [6, 6.07) is 10.8. The van der Waals surface area contributed by atoms with Gasteiger partial charge in [-0.2, -0.15) is 0 Å². The zero-order valence-electron chi connectivity index (χ0n) is 16.5. The largest absolute Gasteiger partial charge is 0.347 e. The molecule has 1 saturated heterocycles. The van der Waals surface area contributed by atoms with Crippen molar-refractivity contribution in [3.8, 4) is 11.1 Å². The quantitative estimate of drug-likeness (QED) is 0.838. The molecule has 1 aromatic carbocycles. The van der Waals surface area contributed by atoms with Crippen LogP contribution in [0.2, 0.25) is 0 Å². The molecule has 2 N–H and O–H groups in total. The molecule has 1 aliphatic heterocycles. The highest BCUT2D eigenvalue weighted by Crippen LogP contribution is 2.54. The summed E-state index contributed by atoms with van der Waals surface area (Å²) in [7, 11) is 0. The Morgan fingerprint density at radius 2 is 1.97 bits per heavy atom. The Morgan fingerprint density at radius 3 is 2.72 bits per heavy atom. The van der Waals surface area contributed by atoms with Gasteiger partial charge in [-0.3, -0.25) is 4.98 Å². The van der Waals surface area contributed by atoms with Gasteiger partial charge in [0.25, 0.3) is 0 Å². The molecule has 1 aromatic heterocycles. The van der Waals surface area contributed by atoms with E-state index < -0.39 is 5.79 Å². The molecule has 5 rings (SSSR count). The summed E-state index contributed by atoms with van der Waals surface area (Å²) in [6.45, 7) is 1.33. The number of pyridine rings is 1. The van der Waals surface area contributed by atoms with E-state index in [0.29, 0.717) is 31.1 Å². The van der Waals surface area contributed by atoms with Crippen LogP contribution in [0.15, 0.2) is 48.7 Å². The maximum absolute atomic E-state index is 13.5. The maximum atomic E-state index is 13.5. The molecule has 0 bridgehead atoms. The van der Waals surface area contributed by atoms with Crippen molar-refractivity contribution in [1.29, 1.82) is 0 Å². The van der Waals surface area contributed by atoms with Crippen LogP contribution in [0.5, 0.6) is 0 Å². The van der Waals surface area contributed by atoms with Crippen LogP contribution in [-0.2, 0) is 9.47 Å². The summed E-state index contributed by atoms with van der Waals surface area (Å²) in [4.78, 5) is 4.57. The fraction of sp³-hybridized carbons (Fsp3) is 0.458. The highest BCUT2D eigenvalue weighted by Gasteiger charge is 2.56. The van der Waals surface area contributed by atoms with E-state index in [1.165, 1.54) is 12.1 Å². The van der Waals surface area contributed by atoms with Crippen molar-refractivity contribution < 1.29 is 13.9 Å². The highest BCUT2D eigenvalue weighted by molar-refractivity contribution is 5.63. The molecule has 3 aliphatic rings. The molecule has 0 unspecified atom stereocenters. The van der Waals surface area contributed by atoms with Crippen molar-refractivity contribution in [2.75, 3.05) is 13.2 Å². The Labute approximate surface area is 170 Å². The predicted molar refractivity (Wildman–Crippen MR) is 110 cm³/mol. The maximum Gasteiger partial charge on any atom is 0.175 e. The zero-order chi connectivity index (χ0) is 19.8. The first-order valence-electron chi connectivity index (χ1n) is 10.6. The minimum Gasteiger partial charge on any atom is -0.347 e. The summed E-state index contributed by atoms with van der Waals surface area (Å²) in [5, 5.41) is 0. The molecule has 29 heavy (non-hydrogen) atoms. The standard InChI is InChI=1S/C24H27FN2O2/c25-19-3-1-2-16(12-19)17-4-6-21(27-15-17)7-9-23-22-8-5-20(26)13-18(22)14-24(23)28-10-11-29-24/h1-4,6-7,9,12,15,18,20,22-23H,5,8,10-11,13-14,26H2/b9-7+/t18-,20-,22-,23+/m1/s1. The number of hydrogen-bond donors (Lipinski definition) is 1. The Kier molecular flexibility index (Phi) is 4.98. The summed E-state index contributed by atoms with van der Waals surface area (Å²) >= 11 is 0. The van der Waals surface area contributed by atoms with Crippen LogP contribution in [0.3, 0.4) is 0 Å². The second-order valence-electron chi connectivity index (χ2n) is 8.58. The molecular weight excluding hydrogens is 367 g/mol. The molecule has 152 valence electrons.